The number of ether oxygens (including phenoxy) is 4. The molecular weight excluding hydrogens is 320 g/mol. The minimum atomic E-state index is -0.990. The summed E-state index contributed by atoms with van der Waals surface area (Å²) in [4.78, 5) is 36.6. The van der Waals surface area contributed by atoms with Crippen molar-refractivity contribution in [1.82, 2.24) is 9.55 Å². The molecule has 0 amide bonds. The van der Waals surface area contributed by atoms with Gasteiger partial charge in [-0.25, -0.2) is 4.79 Å². The van der Waals surface area contributed by atoms with Crippen molar-refractivity contribution in [2.75, 3.05) is 7.11 Å². The van der Waals surface area contributed by atoms with E-state index in [0.717, 1.165) is 0 Å². The standard InChI is InChI=1S/C15H22N2O7/c1-8-6-17(14(20)16-12(8)19)13-11(23-15(3,4)24-13)10(21-5)9(2)22-7-18/h6-7,9-11,13H,1-5H3,(H,16,19,20)/t9-,10-,11+,13+/m0/s1. The highest BCUT2D eigenvalue weighted by molar-refractivity contribution is 5.37. The number of rotatable bonds is 6. The highest BCUT2D eigenvalue weighted by atomic mass is 16.8. The maximum absolute atomic E-state index is 12.2. The van der Waals surface area contributed by atoms with Gasteiger partial charge in [0.15, 0.2) is 12.0 Å². The van der Waals surface area contributed by atoms with Crippen LogP contribution in [0, 0.1) is 6.92 Å². The van der Waals surface area contributed by atoms with Crippen molar-refractivity contribution in [3.05, 3.63) is 32.6 Å². The van der Waals surface area contributed by atoms with E-state index < -0.39 is 41.6 Å². The summed E-state index contributed by atoms with van der Waals surface area (Å²) < 4.78 is 23.3. The van der Waals surface area contributed by atoms with Gasteiger partial charge in [0.1, 0.15) is 18.3 Å². The molecular formula is C15H22N2O7. The van der Waals surface area contributed by atoms with Crippen LogP contribution < -0.4 is 11.2 Å². The van der Waals surface area contributed by atoms with Crippen molar-refractivity contribution in [2.45, 2.75) is 58.0 Å². The van der Waals surface area contributed by atoms with Crippen molar-refractivity contribution in [2.24, 2.45) is 0 Å². The fourth-order valence-electron chi connectivity index (χ4n) is 2.75. The van der Waals surface area contributed by atoms with E-state index in [1.54, 1.807) is 27.7 Å². The molecule has 1 aliphatic heterocycles. The summed E-state index contributed by atoms with van der Waals surface area (Å²) in [6.45, 7) is 6.94. The molecule has 9 heteroatoms. The number of hydrogen-bond acceptors (Lipinski definition) is 7. The summed E-state index contributed by atoms with van der Waals surface area (Å²) >= 11 is 0. The van der Waals surface area contributed by atoms with Crippen molar-refractivity contribution in [3.63, 3.8) is 0 Å². The number of aromatic amines is 1. The molecule has 0 aromatic carbocycles. The Morgan fingerprint density at radius 1 is 1.38 bits per heavy atom. The molecule has 134 valence electrons. The molecule has 1 aliphatic rings. The summed E-state index contributed by atoms with van der Waals surface area (Å²) in [6, 6.07) is 0. The number of methoxy groups -OCH3 is 1. The van der Waals surface area contributed by atoms with Crippen LogP contribution in [0.15, 0.2) is 15.8 Å². The molecule has 2 heterocycles. The molecule has 1 saturated heterocycles. The van der Waals surface area contributed by atoms with E-state index in [1.165, 1.54) is 17.9 Å². The largest absolute Gasteiger partial charge is 0.462 e. The third-order valence-electron chi connectivity index (χ3n) is 3.85. The van der Waals surface area contributed by atoms with Crippen LogP contribution in [0.3, 0.4) is 0 Å². The third kappa shape index (κ3) is 3.58. The topological polar surface area (TPSA) is 109 Å². The first-order chi connectivity index (χ1) is 11.2. The van der Waals surface area contributed by atoms with E-state index in [4.69, 9.17) is 18.9 Å². The lowest BCUT2D eigenvalue weighted by molar-refractivity contribution is -0.171. The van der Waals surface area contributed by atoms with E-state index in [2.05, 4.69) is 4.98 Å². The lowest BCUT2D eigenvalue weighted by Gasteiger charge is -2.29. The molecule has 1 N–H and O–H groups in total. The van der Waals surface area contributed by atoms with E-state index in [9.17, 15) is 14.4 Å². The Bertz CT molecular complexity index is 709. The van der Waals surface area contributed by atoms with Gasteiger partial charge in [-0.15, -0.1) is 0 Å². The number of aromatic nitrogens is 2. The maximum Gasteiger partial charge on any atom is 0.330 e. The molecule has 0 bridgehead atoms. The van der Waals surface area contributed by atoms with Gasteiger partial charge in [0.25, 0.3) is 12.0 Å². The van der Waals surface area contributed by atoms with E-state index in [0.29, 0.717) is 12.0 Å². The lowest BCUT2D eigenvalue weighted by Crippen LogP contribution is -2.45. The Morgan fingerprint density at radius 2 is 2.04 bits per heavy atom. The zero-order valence-corrected chi connectivity index (χ0v) is 14.3. The van der Waals surface area contributed by atoms with Crippen molar-refractivity contribution in [1.29, 1.82) is 0 Å². The molecule has 0 radical (unpaired) electrons. The molecule has 1 aromatic rings. The van der Waals surface area contributed by atoms with Gasteiger partial charge in [-0.1, -0.05) is 0 Å². The second kappa shape index (κ2) is 6.88. The van der Waals surface area contributed by atoms with Crippen LogP contribution in [0.25, 0.3) is 0 Å². The van der Waals surface area contributed by atoms with Gasteiger partial charge < -0.3 is 18.9 Å². The Labute approximate surface area is 138 Å². The van der Waals surface area contributed by atoms with Crippen molar-refractivity contribution >= 4 is 6.47 Å². The smallest absolute Gasteiger partial charge is 0.330 e. The molecule has 0 aliphatic carbocycles. The summed E-state index contributed by atoms with van der Waals surface area (Å²) in [5, 5.41) is 0. The first-order valence-corrected chi connectivity index (χ1v) is 7.49. The number of hydrogen-bond donors (Lipinski definition) is 1. The second-order valence-corrected chi connectivity index (χ2v) is 6.11. The monoisotopic (exact) mass is 342 g/mol. The van der Waals surface area contributed by atoms with Gasteiger partial charge in [-0.05, 0) is 27.7 Å². The van der Waals surface area contributed by atoms with E-state index in [1.807, 2.05) is 0 Å². The Kier molecular flexibility index (Phi) is 5.26. The van der Waals surface area contributed by atoms with E-state index >= 15 is 0 Å². The zero-order valence-electron chi connectivity index (χ0n) is 14.3. The summed E-state index contributed by atoms with van der Waals surface area (Å²) in [6.07, 6.45) is -1.49. The van der Waals surface area contributed by atoms with Crippen molar-refractivity contribution in [3.8, 4) is 0 Å². The van der Waals surface area contributed by atoms with E-state index in [-0.39, 0.29) is 0 Å². The number of carbonyl (C=O) groups is 1. The molecule has 0 saturated carbocycles. The fraction of sp³-hybridized carbons (Fsp3) is 0.667. The number of H-pyrrole nitrogens is 1. The number of aryl methyl sites for hydroxylation is 1. The van der Waals surface area contributed by atoms with Crippen LogP contribution >= 0.6 is 0 Å². The molecule has 0 unspecified atom stereocenters. The number of nitrogens with zero attached hydrogens (tertiary/aromatic N) is 1. The minimum absolute atomic E-state index is 0.322. The number of carbonyl (C=O) groups excluding carboxylic acids is 1. The Balaban J connectivity index is 2.46. The molecule has 0 spiro atoms. The van der Waals surface area contributed by atoms with Gasteiger partial charge in [-0.3, -0.25) is 19.1 Å². The maximum atomic E-state index is 12.2. The molecule has 1 aromatic heterocycles. The molecule has 9 nitrogen and oxygen atoms in total. The third-order valence-corrected chi connectivity index (χ3v) is 3.85. The Morgan fingerprint density at radius 3 is 2.62 bits per heavy atom. The Hall–Kier alpha value is -1.97. The summed E-state index contributed by atoms with van der Waals surface area (Å²) in [7, 11) is 1.45. The number of nitrogens with one attached hydrogen (secondary N) is 1. The van der Waals surface area contributed by atoms with Crippen LogP contribution in [0.4, 0.5) is 0 Å². The SMILES string of the molecule is CO[C@H]([C@H]1OC(C)(C)O[C@H]1n1cc(C)c(=O)[nH]c1=O)[C@H](C)OC=O. The van der Waals surface area contributed by atoms with Crippen LogP contribution in [-0.4, -0.2) is 47.2 Å². The minimum Gasteiger partial charge on any atom is -0.462 e. The van der Waals surface area contributed by atoms with Crippen LogP contribution in [0.5, 0.6) is 0 Å². The highest BCUT2D eigenvalue weighted by Gasteiger charge is 2.48. The normalized spacial score (nSPS) is 25.2. The summed E-state index contributed by atoms with van der Waals surface area (Å²) in [5.41, 5.74) is -0.736. The van der Waals surface area contributed by atoms with Crippen LogP contribution in [0.2, 0.25) is 0 Å². The predicted molar refractivity (Wildman–Crippen MR) is 82.5 cm³/mol. The molecule has 4 atom stereocenters. The first kappa shape index (κ1) is 18.4. The molecule has 1 fully saturated rings. The van der Waals surface area contributed by atoms with Crippen LogP contribution in [0.1, 0.15) is 32.6 Å². The molecule has 2 rings (SSSR count). The van der Waals surface area contributed by atoms with Crippen molar-refractivity contribution < 1.29 is 23.7 Å². The zero-order chi connectivity index (χ0) is 18.1. The first-order valence-electron chi connectivity index (χ1n) is 7.49. The highest BCUT2D eigenvalue weighted by Crippen LogP contribution is 2.37. The predicted octanol–water partition coefficient (Wildman–Crippen LogP) is 0.0716. The van der Waals surface area contributed by atoms with Gasteiger partial charge in [-0.2, -0.15) is 0 Å². The van der Waals surface area contributed by atoms with Gasteiger partial charge in [0.2, 0.25) is 0 Å². The van der Waals surface area contributed by atoms with Gasteiger partial charge in [0.05, 0.1) is 0 Å². The quantitative estimate of drug-likeness (QED) is 0.729. The van der Waals surface area contributed by atoms with Crippen LogP contribution in [-0.2, 0) is 23.7 Å². The fourth-order valence-corrected chi connectivity index (χ4v) is 2.75. The van der Waals surface area contributed by atoms with Gasteiger partial charge in [0, 0.05) is 18.9 Å². The van der Waals surface area contributed by atoms with Gasteiger partial charge >= 0.3 is 5.69 Å². The average molecular weight is 342 g/mol. The lowest BCUT2D eigenvalue weighted by atomic mass is 10.1. The average Bonchev–Trinajstić information content (AvgIpc) is 2.79. The molecule has 24 heavy (non-hydrogen) atoms. The summed E-state index contributed by atoms with van der Waals surface area (Å²) in [5.74, 6) is -0.990. The second-order valence-electron chi connectivity index (χ2n) is 6.11.